The number of pyridine rings is 1. The lowest BCUT2D eigenvalue weighted by molar-refractivity contribution is -0.137. The lowest BCUT2D eigenvalue weighted by Crippen LogP contribution is -2.40. The SMILES string of the molecule is FC(F)(F)c1ccc2nc(C3CNC3)nn2c1. The molecule has 3 rings (SSSR count). The van der Waals surface area contributed by atoms with E-state index in [1.807, 2.05) is 0 Å². The Labute approximate surface area is 94.5 Å². The molecule has 0 saturated carbocycles. The van der Waals surface area contributed by atoms with Crippen LogP contribution in [0.5, 0.6) is 0 Å². The number of rotatable bonds is 1. The van der Waals surface area contributed by atoms with E-state index in [1.54, 1.807) is 0 Å². The molecule has 1 saturated heterocycles. The van der Waals surface area contributed by atoms with Gasteiger partial charge in [-0.05, 0) is 12.1 Å². The van der Waals surface area contributed by atoms with Gasteiger partial charge in [0.25, 0.3) is 0 Å². The van der Waals surface area contributed by atoms with E-state index in [2.05, 4.69) is 15.4 Å². The van der Waals surface area contributed by atoms with E-state index < -0.39 is 11.7 Å². The van der Waals surface area contributed by atoms with Crippen molar-refractivity contribution in [2.45, 2.75) is 12.1 Å². The van der Waals surface area contributed by atoms with Crippen LogP contribution in [0.2, 0.25) is 0 Å². The Morgan fingerprint density at radius 2 is 2.06 bits per heavy atom. The second kappa shape index (κ2) is 3.43. The predicted octanol–water partition coefficient (Wildman–Crippen LogP) is 1.43. The number of hydrogen-bond donors (Lipinski definition) is 1. The molecule has 0 spiro atoms. The van der Waals surface area contributed by atoms with E-state index in [0.29, 0.717) is 11.5 Å². The van der Waals surface area contributed by atoms with Crippen LogP contribution in [0.3, 0.4) is 0 Å². The van der Waals surface area contributed by atoms with E-state index in [-0.39, 0.29) is 5.92 Å². The standard InChI is InChI=1S/C10H9F3N4/c11-10(12,13)7-1-2-8-15-9(6-3-14-4-6)16-17(8)5-7/h1-2,5-6,14H,3-4H2. The van der Waals surface area contributed by atoms with Crippen LogP contribution in [0.25, 0.3) is 5.65 Å². The highest BCUT2D eigenvalue weighted by Crippen LogP contribution is 2.29. The summed E-state index contributed by atoms with van der Waals surface area (Å²) in [6.45, 7) is 1.56. The van der Waals surface area contributed by atoms with Gasteiger partial charge in [0.2, 0.25) is 0 Å². The van der Waals surface area contributed by atoms with Crippen molar-refractivity contribution < 1.29 is 13.2 Å². The molecule has 3 heterocycles. The molecule has 1 N–H and O–H groups in total. The summed E-state index contributed by atoms with van der Waals surface area (Å²) < 4.78 is 38.7. The molecular weight excluding hydrogens is 233 g/mol. The minimum absolute atomic E-state index is 0.212. The van der Waals surface area contributed by atoms with Gasteiger partial charge in [0.1, 0.15) is 0 Å². The van der Waals surface area contributed by atoms with Crippen LogP contribution in [0.15, 0.2) is 18.3 Å². The summed E-state index contributed by atoms with van der Waals surface area (Å²) in [5, 5.41) is 7.14. The van der Waals surface area contributed by atoms with Gasteiger partial charge in [-0.2, -0.15) is 18.3 Å². The largest absolute Gasteiger partial charge is 0.417 e. The number of alkyl halides is 3. The molecule has 1 aliphatic rings. The van der Waals surface area contributed by atoms with Crippen LogP contribution < -0.4 is 5.32 Å². The van der Waals surface area contributed by atoms with Crippen LogP contribution in [0.1, 0.15) is 17.3 Å². The van der Waals surface area contributed by atoms with Crippen molar-refractivity contribution >= 4 is 5.65 Å². The molecule has 2 aromatic rings. The summed E-state index contributed by atoms with van der Waals surface area (Å²) in [6.07, 6.45) is -3.38. The number of nitrogens with one attached hydrogen (secondary N) is 1. The molecule has 0 amide bonds. The number of hydrogen-bond acceptors (Lipinski definition) is 3. The Hall–Kier alpha value is -1.63. The minimum atomic E-state index is -4.35. The smallest absolute Gasteiger partial charge is 0.315 e. The zero-order valence-electron chi connectivity index (χ0n) is 8.70. The van der Waals surface area contributed by atoms with E-state index >= 15 is 0 Å². The molecule has 7 heteroatoms. The van der Waals surface area contributed by atoms with Gasteiger partial charge in [-0.25, -0.2) is 9.50 Å². The number of aromatic nitrogens is 3. The quantitative estimate of drug-likeness (QED) is 0.822. The molecule has 17 heavy (non-hydrogen) atoms. The Bertz CT molecular complexity index is 556. The Balaban J connectivity index is 2.04. The van der Waals surface area contributed by atoms with Crippen molar-refractivity contribution in [1.82, 2.24) is 19.9 Å². The second-order valence-corrected chi connectivity index (χ2v) is 4.04. The monoisotopic (exact) mass is 242 g/mol. The summed E-state index contributed by atoms with van der Waals surface area (Å²) in [5.41, 5.74) is -0.270. The second-order valence-electron chi connectivity index (χ2n) is 4.04. The third-order valence-corrected chi connectivity index (χ3v) is 2.82. The van der Waals surface area contributed by atoms with Crippen LogP contribution in [0, 0.1) is 0 Å². The van der Waals surface area contributed by atoms with Crippen LogP contribution in [-0.2, 0) is 6.18 Å². The van der Waals surface area contributed by atoms with Crippen molar-refractivity contribution in [2.75, 3.05) is 13.1 Å². The highest BCUT2D eigenvalue weighted by atomic mass is 19.4. The molecule has 0 bridgehead atoms. The van der Waals surface area contributed by atoms with Gasteiger partial charge in [0, 0.05) is 25.2 Å². The van der Waals surface area contributed by atoms with Gasteiger partial charge in [0.15, 0.2) is 11.5 Å². The Morgan fingerprint density at radius 1 is 1.29 bits per heavy atom. The fourth-order valence-electron chi connectivity index (χ4n) is 1.71. The normalized spacial score (nSPS) is 17.4. The van der Waals surface area contributed by atoms with Crippen molar-refractivity contribution in [2.24, 2.45) is 0 Å². The third-order valence-electron chi connectivity index (χ3n) is 2.82. The first kappa shape index (κ1) is 10.5. The molecule has 1 aliphatic heterocycles. The van der Waals surface area contributed by atoms with Crippen LogP contribution in [-0.4, -0.2) is 27.7 Å². The predicted molar refractivity (Wildman–Crippen MR) is 53.6 cm³/mol. The van der Waals surface area contributed by atoms with Gasteiger partial charge in [-0.15, -0.1) is 0 Å². The summed E-state index contributed by atoms with van der Waals surface area (Å²) >= 11 is 0. The van der Waals surface area contributed by atoms with Gasteiger partial charge in [0.05, 0.1) is 5.56 Å². The van der Waals surface area contributed by atoms with Crippen LogP contribution in [0.4, 0.5) is 13.2 Å². The van der Waals surface area contributed by atoms with Gasteiger partial charge in [-0.1, -0.05) is 0 Å². The number of fused-ring (bicyclic) bond motifs is 1. The highest BCUT2D eigenvalue weighted by Gasteiger charge is 2.31. The minimum Gasteiger partial charge on any atom is -0.315 e. The van der Waals surface area contributed by atoms with E-state index in [0.717, 1.165) is 25.4 Å². The zero-order valence-corrected chi connectivity index (χ0v) is 8.70. The molecule has 2 aromatic heterocycles. The lowest BCUT2D eigenvalue weighted by atomic mass is 10.0. The van der Waals surface area contributed by atoms with Crippen molar-refractivity contribution in [1.29, 1.82) is 0 Å². The fraction of sp³-hybridized carbons (Fsp3) is 0.400. The zero-order chi connectivity index (χ0) is 12.0. The molecule has 4 nitrogen and oxygen atoms in total. The van der Waals surface area contributed by atoms with E-state index in [9.17, 15) is 13.2 Å². The molecule has 90 valence electrons. The van der Waals surface area contributed by atoms with Crippen molar-refractivity contribution in [3.05, 3.63) is 29.7 Å². The molecule has 1 fully saturated rings. The molecule has 0 aliphatic carbocycles. The maximum absolute atomic E-state index is 12.5. The van der Waals surface area contributed by atoms with Crippen molar-refractivity contribution in [3.63, 3.8) is 0 Å². The average molecular weight is 242 g/mol. The summed E-state index contributed by atoms with van der Waals surface area (Å²) in [7, 11) is 0. The first-order valence-corrected chi connectivity index (χ1v) is 5.18. The van der Waals surface area contributed by atoms with E-state index in [1.165, 1.54) is 10.6 Å². The first-order chi connectivity index (χ1) is 8.04. The summed E-state index contributed by atoms with van der Waals surface area (Å²) in [4.78, 5) is 4.20. The molecular formula is C10H9F3N4. The van der Waals surface area contributed by atoms with E-state index in [4.69, 9.17) is 0 Å². The molecule has 0 atom stereocenters. The van der Waals surface area contributed by atoms with Gasteiger partial charge >= 0.3 is 6.18 Å². The third kappa shape index (κ3) is 1.76. The first-order valence-electron chi connectivity index (χ1n) is 5.18. The molecule has 0 unspecified atom stereocenters. The maximum Gasteiger partial charge on any atom is 0.417 e. The molecule has 0 radical (unpaired) electrons. The van der Waals surface area contributed by atoms with Crippen LogP contribution >= 0.6 is 0 Å². The number of nitrogens with zero attached hydrogens (tertiary/aromatic N) is 3. The molecule has 0 aromatic carbocycles. The highest BCUT2D eigenvalue weighted by molar-refractivity contribution is 5.39. The maximum atomic E-state index is 12.5. The summed E-state index contributed by atoms with van der Waals surface area (Å²) in [5.74, 6) is 0.812. The lowest BCUT2D eigenvalue weighted by Gasteiger charge is -2.23. The Morgan fingerprint density at radius 3 is 2.65 bits per heavy atom. The average Bonchev–Trinajstić information content (AvgIpc) is 2.54. The van der Waals surface area contributed by atoms with Crippen molar-refractivity contribution in [3.8, 4) is 0 Å². The fourth-order valence-corrected chi connectivity index (χ4v) is 1.71. The number of halogens is 3. The van der Waals surface area contributed by atoms with Gasteiger partial charge < -0.3 is 5.32 Å². The topological polar surface area (TPSA) is 42.2 Å². The van der Waals surface area contributed by atoms with Gasteiger partial charge in [-0.3, -0.25) is 0 Å². The Kier molecular flexibility index (Phi) is 2.12. The summed E-state index contributed by atoms with van der Waals surface area (Å²) in [6, 6.07) is 2.36.